The Labute approximate surface area is 207 Å². The average molecular weight is 546 g/mol. The lowest BCUT2D eigenvalue weighted by atomic mass is 10.0. The topological polar surface area (TPSA) is 52.1 Å². The Bertz CT molecular complexity index is 615. The lowest BCUT2D eigenvalue weighted by Gasteiger charge is -2.32. The summed E-state index contributed by atoms with van der Waals surface area (Å²) in [5.41, 5.74) is 2.62. The van der Waals surface area contributed by atoms with Crippen molar-refractivity contribution < 1.29 is 4.74 Å². The van der Waals surface area contributed by atoms with E-state index in [0.29, 0.717) is 18.6 Å². The van der Waals surface area contributed by atoms with Gasteiger partial charge in [0.25, 0.3) is 0 Å². The molecule has 31 heavy (non-hydrogen) atoms. The van der Waals surface area contributed by atoms with Gasteiger partial charge < -0.3 is 20.3 Å². The van der Waals surface area contributed by atoms with E-state index >= 15 is 0 Å². The van der Waals surface area contributed by atoms with Gasteiger partial charge in [-0.2, -0.15) is 0 Å². The zero-order valence-electron chi connectivity index (χ0n) is 20.2. The smallest absolute Gasteiger partial charge is 0.191 e. The molecule has 1 saturated heterocycles. The van der Waals surface area contributed by atoms with Crippen molar-refractivity contribution in [3.63, 3.8) is 0 Å². The third kappa shape index (κ3) is 11.0. The fourth-order valence-corrected chi connectivity index (χ4v) is 3.68. The number of ether oxygens (including phenoxy) is 1. The largest absolute Gasteiger partial charge is 0.378 e. The van der Waals surface area contributed by atoms with Gasteiger partial charge in [-0.15, -0.1) is 24.0 Å². The lowest BCUT2D eigenvalue weighted by molar-refractivity contribution is 0.0258. The van der Waals surface area contributed by atoms with Crippen molar-refractivity contribution >= 4 is 29.9 Å². The third-order valence-electron chi connectivity index (χ3n) is 5.63. The summed E-state index contributed by atoms with van der Waals surface area (Å²) in [4.78, 5) is 9.69. The normalized spacial score (nSPS) is 16.8. The number of likely N-dealkylation sites (N-methyl/N-ethyl adjacent to an activating group) is 1. The van der Waals surface area contributed by atoms with Gasteiger partial charge in [0, 0.05) is 52.4 Å². The molecule has 1 heterocycles. The standard InChI is InChI=1S/C24H43N5O.HI/c1-6-25-24(26-13-12-23(20(3)4)30-7-2)27-18-21-8-10-22(11-9-21)19-29-16-14-28(5)15-17-29;/h8-11,20,23H,6-7,12-19H2,1-5H3,(H2,25,26,27);1H. The first-order valence-electron chi connectivity index (χ1n) is 11.6. The van der Waals surface area contributed by atoms with E-state index in [-0.39, 0.29) is 24.0 Å². The number of piperazine rings is 1. The van der Waals surface area contributed by atoms with Crippen LogP contribution in [0.4, 0.5) is 0 Å². The van der Waals surface area contributed by atoms with Gasteiger partial charge in [0.15, 0.2) is 5.96 Å². The van der Waals surface area contributed by atoms with Crippen LogP contribution in [-0.4, -0.2) is 74.8 Å². The molecule has 1 unspecified atom stereocenters. The molecule has 1 aliphatic heterocycles. The van der Waals surface area contributed by atoms with E-state index in [0.717, 1.165) is 64.8 Å². The highest BCUT2D eigenvalue weighted by Crippen LogP contribution is 2.11. The summed E-state index contributed by atoms with van der Waals surface area (Å²) in [5, 5.41) is 6.80. The van der Waals surface area contributed by atoms with E-state index in [1.807, 2.05) is 0 Å². The van der Waals surface area contributed by atoms with E-state index in [1.54, 1.807) is 0 Å². The molecule has 0 aromatic heterocycles. The van der Waals surface area contributed by atoms with Gasteiger partial charge in [0.2, 0.25) is 0 Å². The second kappa shape index (κ2) is 15.8. The molecule has 0 spiro atoms. The SMILES string of the molecule is CCNC(=NCc1ccc(CN2CCN(C)CC2)cc1)NCCC(OCC)C(C)C.I. The van der Waals surface area contributed by atoms with E-state index in [4.69, 9.17) is 9.73 Å². The van der Waals surface area contributed by atoms with Crippen LogP contribution in [0, 0.1) is 5.92 Å². The fraction of sp³-hybridized carbons (Fsp3) is 0.708. The Balaban J connectivity index is 0.00000480. The maximum absolute atomic E-state index is 5.84. The van der Waals surface area contributed by atoms with Crippen LogP contribution in [0.3, 0.4) is 0 Å². The summed E-state index contributed by atoms with van der Waals surface area (Å²) in [6, 6.07) is 8.92. The van der Waals surface area contributed by atoms with Gasteiger partial charge in [-0.05, 0) is 44.4 Å². The van der Waals surface area contributed by atoms with Crippen molar-refractivity contribution in [3.05, 3.63) is 35.4 Å². The minimum Gasteiger partial charge on any atom is -0.378 e. The number of nitrogens with one attached hydrogen (secondary N) is 2. The summed E-state index contributed by atoms with van der Waals surface area (Å²) < 4.78 is 5.84. The zero-order valence-corrected chi connectivity index (χ0v) is 22.5. The number of guanidine groups is 1. The van der Waals surface area contributed by atoms with Crippen LogP contribution >= 0.6 is 24.0 Å². The molecule has 0 amide bonds. The van der Waals surface area contributed by atoms with Crippen LogP contribution in [0.1, 0.15) is 45.2 Å². The van der Waals surface area contributed by atoms with E-state index < -0.39 is 0 Å². The highest BCUT2D eigenvalue weighted by atomic mass is 127. The molecule has 1 atom stereocenters. The van der Waals surface area contributed by atoms with Crippen LogP contribution in [0.2, 0.25) is 0 Å². The average Bonchev–Trinajstić information content (AvgIpc) is 2.74. The number of benzene rings is 1. The molecule has 2 N–H and O–H groups in total. The van der Waals surface area contributed by atoms with Crippen LogP contribution < -0.4 is 10.6 Å². The predicted octanol–water partition coefficient (Wildman–Crippen LogP) is 3.56. The Morgan fingerprint density at radius 2 is 1.68 bits per heavy atom. The second-order valence-corrected chi connectivity index (χ2v) is 8.54. The van der Waals surface area contributed by atoms with Crippen molar-refractivity contribution in [3.8, 4) is 0 Å². The lowest BCUT2D eigenvalue weighted by Crippen LogP contribution is -2.43. The molecule has 6 nitrogen and oxygen atoms in total. The molecule has 7 heteroatoms. The first kappa shape index (κ1) is 28.1. The Morgan fingerprint density at radius 3 is 2.26 bits per heavy atom. The van der Waals surface area contributed by atoms with Crippen LogP contribution in [0.25, 0.3) is 0 Å². The predicted molar refractivity (Wildman–Crippen MR) is 142 cm³/mol. The molecule has 0 bridgehead atoms. The van der Waals surface area contributed by atoms with Gasteiger partial charge in [-0.25, -0.2) is 4.99 Å². The van der Waals surface area contributed by atoms with Crippen molar-refractivity contribution in [1.82, 2.24) is 20.4 Å². The van der Waals surface area contributed by atoms with Crippen LogP contribution in [0.5, 0.6) is 0 Å². The van der Waals surface area contributed by atoms with Crippen LogP contribution in [-0.2, 0) is 17.8 Å². The molecule has 2 rings (SSSR count). The fourth-order valence-electron chi connectivity index (χ4n) is 3.68. The first-order chi connectivity index (χ1) is 14.5. The monoisotopic (exact) mass is 545 g/mol. The molecule has 178 valence electrons. The summed E-state index contributed by atoms with van der Waals surface area (Å²) in [6.45, 7) is 17.4. The number of hydrogen-bond acceptors (Lipinski definition) is 4. The summed E-state index contributed by atoms with van der Waals surface area (Å²) >= 11 is 0. The van der Waals surface area contributed by atoms with Gasteiger partial charge in [0.1, 0.15) is 0 Å². The Morgan fingerprint density at radius 1 is 1.03 bits per heavy atom. The highest BCUT2D eigenvalue weighted by molar-refractivity contribution is 14.0. The second-order valence-electron chi connectivity index (χ2n) is 8.54. The molecular formula is C24H44IN5O. The minimum absolute atomic E-state index is 0. The van der Waals surface area contributed by atoms with Crippen LogP contribution in [0.15, 0.2) is 29.3 Å². The van der Waals surface area contributed by atoms with Crippen molar-refractivity contribution in [2.24, 2.45) is 10.9 Å². The van der Waals surface area contributed by atoms with E-state index in [2.05, 4.69) is 79.4 Å². The maximum atomic E-state index is 5.84. The highest BCUT2D eigenvalue weighted by Gasteiger charge is 2.14. The molecule has 1 aliphatic rings. The summed E-state index contributed by atoms with van der Waals surface area (Å²) in [5.74, 6) is 1.40. The molecule has 1 aromatic carbocycles. The van der Waals surface area contributed by atoms with Crippen molar-refractivity contribution in [1.29, 1.82) is 0 Å². The minimum atomic E-state index is 0. The number of nitrogens with zero attached hydrogens (tertiary/aromatic N) is 3. The molecule has 1 fully saturated rings. The molecule has 0 radical (unpaired) electrons. The molecule has 1 aromatic rings. The number of rotatable bonds is 11. The number of halogens is 1. The summed E-state index contributed by atoms with van der Waals surface area (Å²) in [6.07, 6.45) is 1.27. The summed E-state index contributed by atoms with van der Waals surface area (Å²) in [7, 11) is 2.20. The van der Waals surface area contributed by atoms with Gasteiger partial charge >= 0.3 is 0 Å². The van der Waals surface area contributed by atoms with Crippen molar-refractivity contribution in [2.75, 3.05) is 52.9 Å². The quantitative estimate of drug-likeness (QED) is 0.253. The van der Waals surface area contributed by atoms with Gasteiger partial charge in [-0.3, -0.25) is 4.90 Å². The first-order valence-corrected chi connectivity index (χ1v) is 11.6. The van der Waals surface area contributed by atoms with Gasteiger partial charge in [-0.1, -0.05) is 38.1 Å². The third-order valence-corrected chi connectivity index (χ3v) is 5.63. The molecule has 0 saturated carbocycles. The zero-order chi connectivity index (χ0) is 21.8. The number of aliphatic imine (C=N–C) groups is 1. The number of hydrogen-bond donors (Lipinski definition) is 2. The molecule has 0 aliphatic carbocycles. The maximum Gasteiger partial charge on any atom is 0.191 e. The molecular weight excluding hydrogens is 501 g/mol. The van der Waals surface area contributed by atoms with Gasteiger partial charge in [0.05, 0.1) is 12.6 Å². The van der Waals surface area contributed by atoms with E-state index in [9.17, 15) is 0 Å². The Hall–Kier alpha value is -0.900. The Kier molecular flexibility index (Phi) is 14.4. The van der Waals surface area contributed by atoms with Crippen molar-refractivity contribution in [2.45, 2.75) is 53.3 Å². The van der Waals surface area contributed by atoms with E-state index in [1.165, 1.54) is 11.1 Å².